The number of carbonyl (C=O) groups excluding carboxylic acids is 2. The number of rotatable bonds is 16. The summed E-state index contributed by atoms with van der Waals surface area (Å²) in [6.07, 6.45) is 4.59. The molecule has 4 aromatic rings. The Morgan fingerprint density at radius 2 is 1.33 bits per heavy atom. The molecule has 1 saturated heterocycles. The Labute approximate surface area is 327 Å². The average Bonchev–Trinajstić information content (AvgIpc) is 3.51. The first-order valence-electron chi connectivity index (χ1n) is 17.8. The number of para-hydroxylation sites is 3. The lowest BCUT2D eigenvalue weighted by Crippen LogP contribution is -2.43. The molecule has 1 amide bonds. The van der Waals surface area contributed by atoms with Crippen LogP contribution in [-0.4, -0.2) is 109 Å². The third-order valence-electron chi connectivity index (χ3n) is 8.24. The predicted octanol–water partition coefficient (Wildman–Crippen LogP) is 4.34. The fourth-order valence-electron chi connectivity index (χ4n) is 5.52. The number of amides is 1. The van der Waals surface area contributed by atoms with Crippen molar-refractivity contribution in [3.05, 3.63) is 114 Å². The van der Waals surface area contributed by atoms with Crippen molar-refractivity contribution in [3.63, 3.8) is 0 Å². The minimum atomic E-state index is -1.26. The van der Waals surface area contributed by atoms with Gasteiger partial charge in [0.05, 0.1) is 23.1 Å². The number of imidazole rings is 1. The molecule has 5 rings (SSSR count). The number of carbonyl (C=O) groups is 6. The molecule has 0 atom stereocenters. The zero-order chi connectivity index (χ0) is 41.7. The Morgan fingerprint density at radius 1 is 0.772 bits per heavy atom. The number of ketones is 1. The van der Waals surface area contributed by atoms with Gasteiger partial charge in [-0.25, -0.2) is 28.6 Å². The third kappa shape index (κ3) is 16.6. The number of aliphatic carboxylic acids is 4. The summed E-state index contributed by atoms with van der Waals surface area (Å²) in [7, 11) is 0. The van der Waals surface area contributed by atoms with Crippen LogP contribution in [0.3, 0.4) is 0 Å². The Kier molecular flexibility index (Phi) is 18.1. The quantitative estimate of drug-likeness (QED) is 0.0782. The maximum atomic E-state index is 13.4. The fraction of sp³-hybridized carbons (Fsp3) is 0.275. The van der Waals surface area contributed by atoms with Gasteiger partial charge in [-0.2, -0.15) is 0 Å². The molecule has 17 heteroatoms. The van der Waals surface area contributed by atoms with Crippen LogP contribution in [0.2, 0.25) is 0 Å². The Hall–Kier alpha value is -6.88. The van der Waals surface area contributed by atoms with Crippen molar-refractivity contribution in [3.8, 4) is 0 Å². The summed E-state index contributed by atoms with van der Waals surface area (Å²) in [6.45, 7) is 5.87. The number of nitrogens with zero attached hydrogens (tertiary/aromatic N) is 3. The highest BCUT2D eigenvalue weighted by Crippen LogP contribution is 2.24. The molecule has 0 aliphatic carbocycles. The van der Waals surface area contributed by atoms with Crippen LogP contribution in [0.4, 0.5) is 16.0 Å². The first-order chi connectivity index (χ1) is 27.2. The van der Waals surface area contributed by atoms with Crippen LogP contribution in [-0.2, 0) is 30.5 Å². The van der Waals surface area contributed by atoms with Crippen LogP contribution in [0.1, 0.15) is 42.1 Å². The lowest BCUT2D eigenvalue weighted by atomic mass is 10.1. The molecule has 1 aromatic heterocycles. The van der Waals surface area contributed by atoms with Crippen molar-refractivity contribution < 1.29 is 53.6 Å². The largest absolute Gasteiger partial charge is 0.478 e. The molecule has 1 fully saturated rings. The molecule has 302 valence electrons. The first-order valence-corrected chi connectivity index (χ1v) is 17.8. The Balaban J connectivity index is 0.000000457. The summed E-state index contributed by atoms with van der Waals surface area (Å²) in [5.74, 6) is -4.44. The predicted molar refractivity (Wildman–Crippen MR) is 210 cm³/mol. The zero-order valence-corrected chi connectivity index (χ0v) is 31.1. The highest BCUT2D eigenvalue weighted by atomic mass is 19.1. The summed E-state index contributed by atoms with van der Waals surface area (Å²) in [4.78, 5) is 69.5. The molecule has 57 heavy (non-hydrogen) atoms. The van der Waals surface area contributed by atoms with Crippen molar-refractivity contribution in [2.75, 3.05) is 43.4 Å². The molecule has 0 bridgehead atoms. The number of anilines is 2. The normalized spacial score (nSPS) is 12.9. The Bertz CT molecular complexity index is 1990. The summed E-state index contributed by atoms with van der Waals surface area (Å²) < 4.78 is 15.6. The van der Waals surface area contributed by atoms with Gasteiger partial charge in [-0.1, -0.05) is 36.4 Å². The maximum absolute atomic E-state index is 13.4. The second-order valence-electron chi connectivity index (χ2n) is 12.6. The van der Waals surface area contributed by atoms with Gasteiger partial charge in [-0.15, -0.1) is 0 Å². The van der Waals surface area contributed by atoms with E-state index in [0.717, 1.165) is 60.7 Å². The van der Waals surface area contributed by atoms with Crippen LogP contribution in [0.15, 0.2) is 97.1 Å². The van der Waals surface area contributed by atoms with Gasteiger partial charge in [0.15, 0.2) is 0 Å². The van der Waals surface area contributed by atoms with E-state index in [0.29, 0.717) is 55.9 Å². The van der Waals surface area contributed by atoms with Crippen LogP contribution in [0.25, 0.3) is 11.0 Å². The van der Waals surface area contributed by atoms with Gasteiger partial charge >= 0.3 is 23.9 Å². The van der Waals surface area contributed by atoms with Crippen LogP contribution in [0, 0.1) is 5.82 Å². The van der Waals surface area contributed by atoms with E-state index in [2.05, 4.69) is 31.5 Å². The van der Waals surface area contributed by atoms with E-state index in [9.17, 15) is 33.2 Å². The Morgan fingerprint density at radius 3 is 1.91 bits per heavy atom. The van der Waals surface area contributed by atoms with Gasteiger partial charge in [0.2, 0.25) is 5.95 Å². The number of piperidine rings is 1. The molecule has 2 heterocycles. The molecule has 0 saturated carbocycles. The highest BCUT2D eigenvalue weighted by molar-refractivity contribution is 5.99. The smallest absolute Gasteiger partial charge is 0.328 e. The SMILES string of the molecule is CC(=O)CCNc1ccccc1C(=O)NCCN1CCC(Nc2nc3ccccc3n2Cc2ccc(F)cc2)CC1.O=C(O)C=CC(=O)O.O=C(O)C=CC(=O)O. The first kappa shape index (κ1) is 44.5. The summed E-state index contributed by atoms with van der Waals surface area (Å²) >= 11 is 0. The number of carboxylic acid groups (broad SMARTS) is 4. The lowest BCUT2D eigenvalue weighted by molar-refractivity contribution is -0.134. The molecule has 0 spiro atoms. The fourth-order valence-corrected chi connectivity index (χ4v) is 5.52. The van der Waals surface area contributed by atoms with Gasteiger partial charge in [0, 0.05) is 75.2 Å². The number of hydrogen-bond donors (Lipinski definition) is 7. The van der Waals surface area contributed by atoms with E-state index in [1.165, 1.54) is 12.1 Å². The number of hydrogen-bond acceptors (Lipinski definition) is 10. The number of nitrogens with one attached hydrogen (secondary N) is 3. The van der Waals surface area contributed by atoms with E-state index in [4.69, 9.17) is 25.4 Å². The van der Waals surface area contributed by atoms with Crippen LogP contribution in [0.5, 0.6) is 0 Å². The van der Waals surface area contributed by atoms with Gasteiger partial charge in [-0.3, -0.25) is 9.59 Å². The molecule has 0 radical (unpaired) electrons. The van der Waals surface area contributed by atoms with Crippen LogP contribution < -0.4 is 16.0 Å². The van der Waals surface area contributed by atoms with E-state index in [1.807, 2.05) is 48.5 Å². The molecule has 0 unspecified atom stereocenters. The summed E-state index contributed by atoms with van der Waals surface area (Å²) in [5.41, 5.74) is 4.32. The molecule has 1 aliphatic rings. The molecule has 1 aliphatic heterocycles. The number of likely N-dealkylation sites (tertiary alicyclic amines) is 1. The minimum absolute atomic E-state index is 0.113. The molecule has 3 aromatic carbocycles. The van der Waals surface area contributed by atoms with Gasteiger partial charge in [0.1, 0.15) is 11.6 Å². The molecule has 16 nitrogen and oxygen atoms in total. The number of fused-ring (bicyclic) bond motifs is 1. The number of aromatic nitrogens is 2. The second-order valence-corrected chi connectivity index (χ2v) is 12.6. The van der Waals surface area contributed by atoms with Crippen molar-refractivity contribution >= 4 is 58.2 Å². The number of Topliss-reactive ketones (excluding diaryl/α,β-unsaturated/α-hetero) is 1. The number of carboxylic acids is 4. The second kappa shape index (κ2) is 23.1. The third-order valence-corrected chi connectivity index (χ3v) is 8.24. The lowest BCUT2D eigenvalue weighted by Gasteiger charge is -2.32. The van der Waals surface area contributed by atoms with Crippen molar-refractivity contribution in [2.45, 2.75) is 38.8 Å². The zero-order valence-electron chi connectivity index (χ0n) is 31.1. The monoisotopic (exact) mass is 788 g/mol. The summed E-state index contributed by atoms with van der Waals surface area (Å²) in [6, 6.07) is 22.4. The van der Waals surface area contributed by atoms with Gasteiger partial charge < -0.3 is 45.8 Å². The average molecular weight is 789 g/mol. The number of halogens is 1. The van der Waals surface area contributed by atoms with E-state index in [1.54, 1.807) is 13.0 Å². The molecular formula is C40H45FN6O10. The van der Waals surface area contributed by atoms with E-state index in [-0.39, 0.29) is 23.5 Å². The minimum Gasteiger partial charge on any atom is -0.478 e. The topological polar surface area (TPSA) is 240 Å². The van der Waals surface area contributed by atoms with Gasteiger partial charge in [-0.05, 0) is 61.7 Å². The van der Waals surface area contributed by atoms with Gasteiger partial charge in [0.25, 0.3) is 5.91 Å². The van der Waals surface area contributed by atoms with E-state index >= 15 is 0 Å². The standard InChI is InChI=1S/C32H37FN6O2.2C4H4O4/c1-23(40)14-17-34-28-7-3-2-6-27(28)31(41)35-18-21-38-19-15-26(16-20-38)36-32-37-29-8-4-5-9-30(29)39(32)22-24-10-12-25(33)13-11-24;2*5-3(6)1-2-4(7)8/h2-13,26,34H,14-22H2,1H3,(H,35,41)(H,36,37);2*1-2H,(H,5,6)(H,7,8). The highest BCUT2D eigenvalue weighted by Gasteiger charge is 2.22. The molecular weight excluding hydrogens is 743 g/mol. The molecule has 7 N–H and O–H groups in total. The van der Waals surface area contributed by atoms with Crippen molar-refractivity contribution in [2.24, 2.45) is 0 Å². The van der Waals surface area contributed by atoms with Crippen LogP contribution >= 0.6 is 0 Å². The summed E-state index contributed by atoms with van der Waals surface area (Å²) in [5, 5.41) is 41.2. The van der Waals surface area contributed by atoms with Crippen molar-refractivity contribution in [1.82, 2.24) is 19.8 Å². The number of benzene rings is 3. The maximum Gasteiger partial charge on any atom is 0.328 e. The van der Waals surface area contributed by atoms with E-state index < -0.39 is 23.9 Å². The van der Waals surface area contributed by atoms with Crippen molar-refractivity contribution in [1.29, 1.82) is 0 Å².